The minimum Gasteiger partial charge on any atom is -0.493 e. The zero-order chi connectivity index (χ0) is 25.3. The van der Waals surface area contributed by atoms with E-state index in [0.29, 0.717) is 6.04 Å². The summed E-state index contributed by atoms with van der Waals surface area (Å²) in [5.41, 5.74) is 0.697. The van der Waals surface area contributed by atoms with E-state index < -0.39 is 11.2 Å². The first kappa shape index (κ1) is 23.5. The summed E-state index contributed by atoms with van der Waals surface area (Å²) in [5.74, 6) is 2.56. The van der Waals surface area contributed by atoms with Gasteiger partial charge >= 0.3 is 0 Å². The highest BCUT2D eigenvalue weighted by Gasteiger charge is 2.80. The summed E-state index contributed by atoms with van der Waals surface area (Å²) >= 11 is 0. The molecule has 7 atom stereocenters. The lowest BCUT2D eigenvalue weighted by molar-refractivity contribution is -0.266. The van der Waals surface area contributed by atoms with Crippen molar-refractivity contribution in [3.8, 4) is 11.5 Å². The standard InChI is InChI=1S/C31H43NO4/c1-27(2,3)28(4,33)22-17-29-12-7-13-31(22,35-6)26-30(29)14-15-32(18-19-8-9-19)23(29)16-20-10-11-21(34-5)25(36-26)24(20)30/h7,10-12,19,22-23,26,33H,8-9,13-18H2,1-6H3/t22-,23-,26-,28+,29-,30+,31+/m1/s1. The molecule has 1 aromatic rings. The van der Waals surface area contributed by atoms with E-state index in [1.807, 2.05) is 7.11 Å². The van der Waals surface area contributed by atoms with Crippen LogP contribution in [-0.2, 0) is 16.6 Å². The Balaban J connectivity index is 1.51. The lowest BCUT2D eigenvalue weighted by Gasteiger charge is -2.70. The summed E-state index contributed by atoms with van der Waals surface area (Å²) < 4.78 is 19.7. The fourth-order valence-corrected chi connectivity index (χ4v) is 9.41. The van der Waals surface area contributed by atoms with E-state index in [0.717, 1.165) is 49.6 Å². The zero-order valence-electron chi connectivity index (χ0n) is 22.9. The van der Waals surface area contributed by atoms with E-state index in [4.69, 9.17) is 14.2 Å². The van der Waals surface area contributed by atoms with Crippen LogP contribution in [0.4, 0.5) is 0 Å². The van der Waals surface area contributed by atoms with Crippen molar-refractivity contribution >= 4 is 0 Å². The number of hydrogen-bond donors (Lipinski definition) is 1. The molecule has 1 saturated heterocycles. The van der Waals surface area contributed by atoms with Crippen molar-refractivity contribution in [2.75, 3.05) is 27.3 Å². The summed E-state index contributed by atoms with van der Waals surface area (Å²) in [6.07, 6.45) is 11.3. The highest BCUT2D eigenvalue weighted by molar-refractivity contribution is 5.64. The van der Waals surface area contributed by atoms with Gasteiger partial charge in [0, 0.05) is 36.6 Å². The van der Waals surface area contributed by atoms with Crippen molar-refractivity contribution in [3.05, 3.63) is 35.4 Å². The number of ether oxygens (including phenoxy) is 3. The first-order valence-corrected chi connectivity index (χ1v) is 14.1. The van der Waals surface area contributed by atoms with Crippen LogP contribution in [0, 0.1) is 22.7 Å². The molecule has 5 heteroatoms. The molecule has 0 aromatic heterocycles. The van der Waals surface area contributed by atoms with Crippen molar-refractivity contribution in [3.63, 3.8) is 0 Å². The lowest BCUT2D eigenvalue weighted by atomic mass is 9.38. The Hall–Kier alpha value is -1.56. The average Bonchev–Trinajstić information content (AvgIpc) is 3.62. The highest BCUT2D eigenvalue weighted by atomic mass is 16.6. The van der Waals surface area contributed by atoms with Crippen molar-refractivity contribution in [1.29, 1.82) is 0 Å². The smallest absolute Gasteiger partial charge is 0.165 e. The van der Waals surface area contributed by atoms with Gasteiger partial charge < -0.3 is 19.3 Å². The summed E-state index contributed by atoms with van der Waals surface area (Å²) in [6.45, 7) is 10.9. The molecule has 0 radical (unpaired) electrons. The molecule has 1 aromatic carbocycles. The Morgan fingerprint density at radius 2 is 1.94 bits per heavy atom. The first-order valence-electron chi connectivity index (χ1n) is 14.1. The maximum absolute atomic E-state index is 12.4. The predicted molar refractivity (Wildman–Crippen MR) is 140 cm³/mol. The maximum atomic E-state index is 12.4. The van der Waals surface area contributed by atoms with E-state index in [1.165, 1.54) is 30.5 Å². The fraction of sp³-hybridized carbons (Fsp3) is 0.742. The van der Waals surface area contributed by atoms with E-state index in [1.54, 1.807) is 7.11 Å². The highest BCUT2D eigenvalue weighted by Crippen LogP contribution is 2.75. The molecule has 36 heavy (non-hydrogen) atoms. The maximum Gasteiger partial charge on any atom is 0.165 e. The van der Waals surface area contributed by atoms with Crippen LogP contribution in [0.15, 0.2) is 24.3 Å². The van der Waals surface area contributed by atoms with Crippen molar-refractivity contribution in [2.24, 2.45) is 22.7 Å². The number of nitrogens with zero attached hydrogens (tertiary/aromatic N) is 1. The Morgan fingerprint density at radius 3 is 2.61 bits per heavy atom. The second-order valence-electron chi connectivity index (χ2n) is 14.0. The van der Waals surface area contributed by atoms with Gasteiger partial charge in [0.2, 0.25) is 0 Å². The van der Waals surface area contributed by atoms with Gasteiger partial charge in [0.1, 0.15) is 11.7 Å². The molecule has 2 spiro atoms. The largest absolute Gasteiger partial charge is 0.493 e. The Morgan fingerprint density at radius 1 is 1.17 bits per heavy atom. The van der Waals surface area contributed by atoms with Gasteiger partial charge in [0.15, 0.2) is 11.5 Å². The molecule has 2 heterocycles. The average molecular weight is 494 g/mol. The van der Waals surface area contributed by atoms with E-state index in [2.05, 4.69) is 56.9 Å². The zero-order valence-corrected chi connectivity index (χ0v) is 22.9. The van der Waals surface area contributed by atoms with Crippen LogP contribution in [0.25, 0.3) is 0 Å². The van der Waals surface area contributed by atoms with Gasteiger partial charge in [-0.3, -0.25) is 4.90 Å². The van der Waals surface area contributed by atoms with Gasteiger partial charge in [-0.2, -0.15) is 0 Å². The van der Waals surface area contributed by atoms with Gasteiger partial charge in [-0.15, -0.1) is 0 Å². The molecule has 2 saturated carbocycles. The van der Waals surface area contributed by atoms with Crippen molar-refractivity contribution in [1.82, 2.24) is 4.90 Å². The van der Waals surface area contributed by atoms with E-state index in [-0.39, 0.29) is 28.3 Å². The van der Waals surface area contributed by atoms with Crippen LogP contribution in [0.5, 0.6) is 11.5 Å². The molecule has 5 aliphatic carbocycles. The van der Waals surface area contributed by atoms with E-state index in [9.17, 15) is 5.11 Å². The molecule has 7 aliphatic rings. The minimum absolute atomic E-state index is 0.0617. The van der Waals surface area contributed by atoms with E-state index >= 15 is 0 Å². The third-order valence-electron chi connectivity index (χ3n) is 11.8. The van der Waals surface area contributed by atoms with Crippen LogP contribution >= 0.6 is 0 Å². The third-order valence-corrected chi connectivity index (χ3v) is 11.8. The fourth-order valence-electron chi connectivity index (χ4n) is 9.41. The number of likely N-dealkylation sites (tertiary alicyclic amines) is 1. The van der Waals surface area contributed by atoms with Gasteiger partial charge in [-0.1, -0.05) is 39.0 Å². The van der Waals surface area contributed by atoms with Crippen molar-refractivity contribution in [2.45, 2.75) is 95.0 Å². The van der Waals surface area contributed by atoms with Crippen molar-refractivity contribution < 1.29 is 19.3 Å². The summed E-state index contributed by atoms with van der Waals surface area (Å²) in [5, 5.41) is 12.4. The topological polar surface area (TPSA) is 51.2 Å². The molecule has 5 nitrogen and oxygen atoms in total. The third kappa shape index (κ3) is 2.54. The predicted octanol–water partition coefficient (Wildman–Crippen LogP) is 4.88. The number of benzene rings is 1. The number of rotatable bonds is 5. The quantitative estimate of drug-likeness (QED) is 0.593. The molecule has 4 bridgehead atoms. The van der Waals surface area contributed by atoms with Crippen LogP contribution in [0.1, 0.15) is 70.9 Å². The monoisotopic (exact) mass is 493 g/mol. The number of methoxy groups -OCH3 is 2. The second kappa shape index (κ2) is 7.09. The van der Waals surface area contributed by atoms with Gasteiger partial charge in [-0.25, -0.2) is 0 Å². The number of aliphatic hydroxyl groups is 1. The lowest BCUT2D eigenvalue weighted by Crippen LogP contribution is -2.79. The summed E-state index contributed by atoms with van der Waals surface area (Å²) in [4.78, 5) is 2.82. The van der Waals surface area contributed by atoms with Crippen LogP contribution < -0.4 is 9.47 Å². The summed E-state index contributed by atoms with van der Waals surface area (Å²) in [7, 11) is 3.60. The Labute approximate surface area is 216 Å². The van der Waals surface area contributed by atoms with Crippen LogP contribution in [0.2, 0.25) is 0 Å². The molecule has 2 aliphatic heterocycles. The van der Waals surface area contributed by atoms with Crippen LogP contribution in [-0.4, -0.2) is 60.7 Å². The SMILES string of the molecule is COc1ccc2c3c1O[C@H]1[C@]4(OC)CC=C[C@@]5(C[C@@H]4[C@](C)(O)C(C)(C)C)[C@@H](C2)N(CC2CC2)CC[C@]315. The number of fused-ring (bicyclic) bond motifs is 2. The van der Waals surface area contributed by atoms with Gasteiger partial charge in [0.05, 0.1) is 18.1 Å². The van der Waals surface area contributed by atoms with Gasteiger partial charge in [-0.05, 0) is 75.0 Å². The second-order valence-corrected chi connectivity index (χ2v) is 14.0. The molecule has 0 unspecified atom stereocenters. The number of hydrogen-bond acceptors (Lipinski definition) is 5. The first-order chi connectivity index (χ1) is 17.1. The molecule has 0 amide bonds. The molecular weight excluding hydrogens is 450 g/mol. The van der Waals surface area contributed by atoms with Crippen LogP contribution in [0.3, 0.4) is 0 Å². The Bertz CT molecular complexity index is 1130. The summed E-state index contributed by atoms with van der Waals surface area (Å²) in [6, 6.07) is 4.82. The molecule has 1 N–H and O–H groups in total. The number of piperidine rings is 1. The molecule has 8 rings (SSSR count). The molecule has 3 fully saturated rings. The molecule has 196 valence electrons. The normalized spacial score (nSPS) is 41.9. The Kier molecular flexibility index (Phi) is 4.64. The molecular formula is C31H43NO4. The minimum atomic E-state index is -0.929. The van der Waals surface area contributed by atoms with Gasteiger partial charge in [0.25, 0.3) is 0 Å².